The van der Waals surface area contributed by atoms with E-state index in [9.17, 15) is 9.59 Å². The monoisotopic (exact) mass is 231 g/mol. The molecule has 6 heteroatoms. The minimum atomic E-state index is -1.69. The molecule has 1 aliphatic heterocycles. The fourth-order valence-electron chi connectivity index (χ4n) is 1.39. The van der Waals surface area contributed by atoms with Crippen LogP contribution in [0.1, 0.15) is 6.42 Å². The van der Waals surface area contributed by atoms with Gasteiger partial charge in [-0.25, -0.2) is 0 Å². The fraction of sp³-hybridized carbons (Fsp3) is 0.556. The largest absolute Gasteiger partial charge is 0.366 e. The van der Waals surface area contributed by atoms with Crippen LogP contribution in [0.15, 0.2) is 12.2 Å². The molecule has 0 spiro atoms. The second-order valence-electron chi connectivity index (χ2n) is 3.14. The standard InChI is InChI=1S/C9H13NO4S/c1-15-5-4-6(9(13)14)10-7(11)2-3-8(10)12/h2-3,6,9,13-14H,4-5H2,1H3. The van der Waals surface area contributed by atoms with Crippen molar-refractivity contribution in [2.75, 3.05) is 12.0 Å². The van der Waals surface area contributed by atoms with Crippen LogP contribution in [-0.4, -0.2) is 51.3 Å². The summed E-state index contributed by atoms with van der Waals surface area (Å²) < 4.78 is 0. The van der Waals surface area contributed by atoms with Gasteiger partial charge in [-0.15, -0.1) is 0 Å². The van der Waals surface area contributed by atoms with Crippen LogP contribution < -0.4 is 0 Å². The van der Waals surface area contributed by atoms with Crippen LogP contribution in [0.4, 0.5) is 0 Å². The lowest BCUT2D eigenvalue weighted by Crippen LogP contribution is -2.47. The molecule has 1 unspecified atom stereocenters. The van der Waals surface area contributed by atoms with Gasteiger partial charge in [0.05, 0.1) is 6.04 Å². The van der Waals surface area contributed by atoms with Crippen LogP contribution in [0, 0.1) is 0 Å². The summed E-state index contributed by atoms with van der Waals surface area (Å²) in [6, 6.07) is -0.854. The summed E-state index contributed by atoms with van der Waals surface area (Å²) in [4.78, 5) is 23.5. The molecule has 1 rings (SSSR count). The average molecular weight is 231 g/mol. The number of aliphatic hydroxyl groups is 2. The smallest absolute Gasteiger partial charge is 0.254 e. The minimum absolute atomic E-state index is 0.373. The fourth-order valence-corrected chi connectivity index (χ4v) is 1.87. The zero-order valence-electron chi connectivity index (χ0n) is 8.29. The van der Waals surface area contributed by atoms with Gasteiger partial charge in [-0.1, -0.05) is 0 Å². The highest BCUT2D eigenvalue weighted by Crippen LogP contribution is 2.16. The Kier molecular flexibility index (Phi) is 4.31. The molecule has 1 atom stereocenters. The van der Waals surface area contributed by atoms with Crippen LogP contribution in [0.2, 0.25) is 0 Å². The molecular formula is C9H13NO4S. The highest BCUT2D eigenvalue weighted by Gasteiger charge is 2.34. The van der Waals surface area contributed by atoms with E-state index >= 15 is 0 Å². The Bertz CT molecular complexity index is 272. The van der Waals surface area contributed by atoms with Crippen molar-refractivity contribution in [3.63, 3.8) is 0 Å². The van der Waals surface area contributed by atoms with Gasteiger partial charge in [-0.3, -0.25) is 14.5 Å². The Morgan fingerprint density at radius 1 is 1.33 bits per heavy atom. The lowest BCUT2D eigenvalue weighted by molar-refractivity contribution is -0.153. The maximum atomic E-state index is 11.3. The second kappa shape index (κ2) is 5.29. The van der Waals surface area contributed by atoms with Gasteiger partial charge in [0.25, 0.3) is 11.8 Å². The number of hydrogen-bond acceptors (Lipinski definition) is 5. The first-order valence-electron chi connectivity index (χ1n) is 4.48. The van der Waals surface area contributed by atoms with Gasteiger partial charge in [0, 0.05) is 12.2 Å². The summed E-state index contributed by atoms with van der Waals surface area (Å²) in [6.45, 7) is 0. The number of hydrogen-bond donors (Lipinski definition) is 2. The average Bonchev–Trinajstić information content (AvgIpc) is 2.49. The Labute approximate surface area is 91.8 Å². The van der Waals surface area contributed by atoms with Crippen molar-refractivity contribution < 1.29 is 19.8 Å². The normalized spacial score (nSPS) is 18.0. The molecule has 2 amide bonds. The molecular weight excluding hydrogens is 218 g/mol. The van der Waals surface area contributed by atoms with Gasteiger partial charge in [-0.2, -0.15) is 11.8 Å². The predicted octanol–water partition coefficient (Wildman–Crippen LogP) is -0.656. The number of thioether (sulfide) groups is 1. The third kappa shape index (κ3) is 2.80. The Morgan fingerprint density at radius 3 is 2.27 bits per heavy atom. The van der Waals surface area contributed by atoms with Crippen LogP contribution in [0.25, 0.3) is 0 Å². The lowest BCUT2D eigenvalue weighted by atomic mass is 10.2. The maximum Gasteiger partial charge on any atom is 0.254 e. The van der Waals surface area contributed by atoms with Crippen LogP contribution in [0.3, 0.4) is 0 Å². The van der Waals surface area contributed by atoms with Crippen molar-refractivity contribution in [2.24, 2.45) is 0 Å². The summed E-state index contributed by atoms with van der Waals surface area (Å²) in [5, 5.41) is 18.2. The first-order valence-corrected chi connectivity index (χ1v) is 5.87. The summed E-state index contributed by atoms with van der Waals surface area (Å²) in [5.41, 5.74) is 0. The Balaban J connectivity index is 2.71. The molecule has 2 N–H and O–H groups in total. The van der Waals surface area contributed by atoms with Gasteiger partial charge in [0.15, 0.2) is 6.29 Å². The predicted molar refractivity (Wildman–Crippen MR) is 56.0 cm³/mol. The molecule has 5 nitrogen and oxygen atoms in total. The zero-order valence-corrected chi connectivity index (χ0v) is 9.11. The number of aliphatic hydroxyl groups excluding tert-OH is 1. The van der Waals surface area contributed by atoms with Gasteiger partial charge in [0.2, 0.25) is 0 Å². The van der Waals surface area contributed by atoms with Gasteiger partial charge < -0.3 is 10.2 Å². The molecule has 0 bridgehead atoms. The molecule has 0 fully saturated rings. The number of amides is 2. The molecule has 0 aromatic carbocycles. The summed E-state index contributed by atoms with van der Waals surface area (Å²) in [5.74, 6) is -0.322. The SMILES string of the molecule is CSCCC(C(O)O)N1C(=O)C=CC1=O. The number of imide groups is 1. The van der Waals surface area contributed by atoms with Crippen molar-refractivity contribution in [3.05, 3.63) is 12.2 Å². The molecule has 1 aliphatic rings. The van der Waals surface area contributed by atoms with Crippen molar-refractivity contribution in [3.8, 4) is 0 Å². The van der Waals surface area contributed by atoms with Crippen molar-refractivity contribution in [1.29, 1.82) is 0 Å². The maximum absolute atomic E-state index is 11.3. The minimum Gasteiger partial charge on any atom is -0.366 e. The first-order chi connectivity index (χ1) is 7.07. The topological polar surface area (TPSA) is 77.8 Å². The van der Waals surface area contributed by atoms with E-state index in [2.05, 4.69) is 0 Å². The second-order valence-corrected chi connectivity index (χ2v) is 4.13. The van der Waals surface area contributed by atoms with E-state index in [4.69, 9.17) is 10.2 Å². The third-order valence-corrected chi connectivity index (χ3v) is 2.78. The molecule has 0 aliphatic carbocycles. The van der Waals surface area contributed by atoms with E-state index in [-0.39, 0.29) is 0 Å². The Morgan fingerprint density at radius 2 is 1.87 bits per heavy atom. The Hall–Kier alpha value is -0.850. The van der Waals surface area contributed by atoms with E-state index in [1.807, 2.05) is 6.26 Å². The lowest BCUT2D eigenvalue weighted by Gasteiger charge is -2.27. The van der Waals surface area contributed by atoms with E-state index < -0.39 is 24.1 Å². The highest BCUT2D eigenvalue weighted by atomic mass is 32.2. The molecule has 84 valence electrons. The van der Waals surface area contributed by atoms with Crippen LogP contribution >= 0.6 is 11.8 Å². The number of carbonyl (C=O) groups excluding carboxylic acids is 2. The van der Waals surface area contributed by atoms with Crippen molar-refractivity contribution in [1.82, 2.24) is 4.90 Å². The number of carbonyl (C=O) groups is 2. The first kappa shape index (κ1) is 12.2. The molecule has 0 saturated heterocycles. The quantitative estimate of drug-likeness (QED) is 0.485. The molecule has 0 radical (unpaired) electrons. The summed E-state index contributed by atoms with van der Waals surface area (Å²) >= 11 is 1.52. The van der Waals surface area contributed by atoms with E-state index in [0.717, 1.165) is 17.1 Å². The van der Waals surface area contributed by atoms with Crippen LogP contribution in [-0.2, 0) is 9.59 Å². The van der Waals surface area contributed by atoms with E-state index in [0.29, 0.717) is 12.2 Å². The number of nitrogens with zero attached hydrogens (tertiary/aromatic N) is 1. The molecule has 0 aromatic rings. The summed E-state index contributed by atoms with van der Waals surface area (Å²) in [6.07, 6.45) is 2.82. The van der Waals surface area contributed by atoms with Gasteiger partial charge in [0.1, 0.15) is 0 Å². The van der Waals surface area contributed by atoms with Crippen LogP contribution in [0.5, 0.6) is 0 Å². The zero-order chi connectivity index (χ0) is 11.4. The molecule has 15 heavy (non-hydrogen) atoms. The molecule has 0 saturated carbocycles. The highest BCUT2D eigenvalue weighted by molar-refractivity contribution is 7.98. The third-order valence-electron chi connectivity index (χ3n) is 2.14. The van der Waals surface area contributed by atoms with Gasteiger partial charge >= 0.3 is 0 Å². The van der Waals surface area contributed by atoms with Crippen molar-refractivity contribution in [2.45, 2.75) is 18.8 Å². The van der Waals surface area contributed by atoms with E-state index in [1.165, 1.54) is 11.8 Å². The molecule has 0 aromatic heterocycles. The van der Waals surface area contributed by atoms with E-state index in [1.54, 1.807) is 0 Å². The van der Waals surface area contributed by atoms with Gasteiger partial charge in [-0.05, 0) is 18.4 Å². The van der Waals surface area contributed by atoms with Crippen molar-refractivity contribution >= 4 is 23.6 Å². The number of rotatable bonds is 5. The molecule has 1 heterocycles. The summed E-state index contributed by atoms with van der Waals surface area (Å²) in [7, 11) is 0.